The Morgan fingerprint density at radius 3 is 2.53 bits per heavy atom. The van der Waals surface area contributed by atoms with Crippen LogP contribution in [-0.2, 0) is 4.79 Å². The van der Waals surface area contributed by atoms with Crippen molar-refractivity contribution >= 4 is 6.29 Å². The number of fused-ring (bicyclic) bond motifs is 2. The molecule has 2 aliphatic rings. The number of hydrogen-bond acceptors (Lipinski definition) is 3. The van der Waals surface area contributed by atoms with E-state index < -0.39 is 6.29 Å². The molecule has 0 amide bonds. The Morgan fingerprint density at radius 2 is 2.00 bits per heavy atom. The molecule has 2 bridgehead atoms. The van der Waals surface area contributed by atoms with Crippen LogP contribution in [0.2, 0.25) is 0 Å². The first-order chi connectivity index (χ1) is 8.20. The number of aliphatic hydroxyl groups excluding tert-OH is 1. The first kappa shape index (κ1) is 12.8. The highest BCUT2D eigenvalue weighted by atomic mass is 16.5. The van der Waals surface area contributed by atoms with E-state index in [0.717, 1.165) is 25.0 Å². The molecule has 17 heavy (non-hydrogen) atoms. The molecule has 0 saturated heterocycles. The Kier molecular flexibility index (Phi) is 4.35. The summed E-state index contributed by atoms with van der Waals surface area (Å²) in [7, 11) is 0. The van der Waals surface area contributed by atoms with Crippen LogP contribution < -0.4 is 0 Å². The average Bonchev–Trinajstić information content (AvgIpc) is 2.90. The lowest BCUT2D eigenvalue weighted by molar-refractivity contribution is -0.108. The van der Waals surface area contributed by atoms with Gasteiger partial charge in [0.25, 0.3) is 0 Å². The van der Waals surface area contributed by atoms with E-state index in [4.69, 9.17) is 10.2 Å². The Bertz CT molecular complexity index is 285. The smallest absolute Gasteiger partial charge is 0.151 e. The van der Waals surface area contributed by atoms with Crippen molar-refractivity contribution in [2.24, 2.45) is 23.7 Å². The molecule has 0 aromatic rings. The van der Waals surface area contributed by atoms with Crippen molar-refractivity contribution < 1.29 is 15.0 Å². The fourth-order valence-electron chi connectivity index (χ4n) is 3.58. The van der Waals surface area contributed by atoms with E-state index in [9.17, 15) is 4.79 Å². The molecule has 96 valence electrons. The number of aldehydes is 1. The third kappa shape index (κ3) is 3.17. The maximum absolute atomic E-state index is 10.5. The van der Waals surface area contributed by atoms with Crippen molar-refractivity contribution in [2.75, 3.05) is 0 Å². The summed E-state index contributed by atoms with van der Waals surface area (Å²) in [4.78, 5) is 10.5. The number of hydrogen-bond donors (Lipinski definition) is 2. The molecule has 0 spiro atoms. The quantitative estimate of drug-likeness (QED) is 0.404. The average molecular weight is 238 g/mol. The van der Waals surface area contributed by atoms with Crippen molar-refractivity contribution in [1.82, 2.24) is 0 Å². The summed E-state index contributed by atoms with van der Waals surface area (Å²) < 4.78 is 0. The van der Waals surface area contributed by atoms with Gasteiger partial charge in [0.15, 0.2) is 6.29 Å². The second-order valence-corrected chi connectivity index (χ2v) is 5.51. The number of allylic oxidation sites excluding steroid dienone is 2. The second-order valence-electron chi connectivity index (χ2n) is 5.51. The zero-order valence-electron chi connectivity index (χ0n) is 10.2. The van der Waals surface area contributed by atoms with Crippen molar-refractivity contribution in [2.45, 2.75) is 44.8 Å². The summed E-state index contributed by atoms with van der Waals surface area (Å²) in [5.74, 6) is 2.54. The van der Waals surface area contributed by atoms with Crippen LogP contribution in [0.1, 0.15) is 38.5 Å². The SMILES string of the molecule is O=CCCC(CCC(O)O)C1CC2C=CC1C2. The molecule has 4 atom stereocenters. The maximum Gasteiger partial charge on any atom is 0.151 e. The third-order valence-electron chi connectivity index (χ3n) is 4.39. The normalized spacial score (nSPS) is 32.3. The summed E-state index contributed by atoms with van der Waals surface area (Å²) >= 11 is 0. The second kappa shape index (κ2) is 5.78. The molecule has 0 radical (unpaired) electrons. The van der Waals surface area contributed by atoms with E-state index in [2.05, 4.69) is 12.2 Å². The van der Waals surface area contributed by atoms with Gasteiger partial charge >= 0.3 is 0 Å². The predicted molar refractivity (Wildman–Crippen MR) is 65.1 cm³/mol. The lowest BCUT2D eigenvalue weighted by Crippen LogP contribution is -2.21. The molecule has 2 rings (SSSR count). The van der Waals surface area contributed by atoms with Crippen molar-refractivity contribution in [1.29, 1.82) is 0 Å². The number of rotatable bonds is 7. The molecule has 4 unspecified atom stereocenters. The molecule has 0 heterocycles. The van der Waals surface area contributed by atoms with E-state index in [0.29, 0.717) is 30.6 Å². The molecule has 1 saturated carbocycles. The van der Waals surface area contributed by atoms with E-state index >= 15 is 0 Å². The van der Waals surface area contributed by atoms with Gasteiger partial charge in [-0.25, -0.2) is 0 Å². The van der Waals surface area contributed by atoms with Gasteiger partial charge in [0.05, 0.1) is 0 Å². The van der Waals surface area contributed by atoms with Crippen LogP contribution in [0.5, 0.6) is 0 Å². The standard InChI is InChI=1S/C14H22O3/c15-7-1-2-11(5-6-14(16)17)13-9-10-3-4-12(13)8-10/h3-4,7,10-14,16-17H,1-2,5-6,8-9H2. The van der Waals surface area contributed by atoms with Gasteiger partial charge in [-0.1, -0.05) is 12.2 Å². The van der Waals surface area contributed by atoms with Crippen LogP contribution in [0.15, 0.2) is 12.2 Å². The summed E-state index contributed by atoms with van der Waals surface area (Å²) in [6, 6.07) is 0. The van der Waals surface area contributed by atoms with E-state index in [1.54, 1.807) is 0 Å². The Hall–Kier alpha value is -0.670. The maximum atomic E-state index is 10.5. The zero-order valence-corrected chi connectivity index (χ0v) is 10.2. The van der Waals surface area contributed by atoms with Gasteiger partial charge in [-0.2, -0.15) is 0 Å². The number of carbonyl (C=O) groups excluding carboxylic acids is 1. The van der Waals surface area contributed by atoms with Gasteiger partial charge in [0.2, 0.25) is 0 Å². The van der Waals surface area contributed by atoms with E-state index in [1.165, 1.54) is 12.8 Å². The summed E-state index contributed by atoms with van der Waals surface area (Å²) in [5, 5.41) is 17.9. The molecule has 0 aromatic heterocycles. The molecule has 3 nitrogen and oxygen atoms in total. The lowest BCUT2D eigenvalue weighted by atomic mass is 9.77. The van der Waals surface area contributed by atoms with E-state index in [1.807, 2.05) is 0 Å². The van der Waals surface area contributed by atoms with Crippen LogP contribution in [-0.4, -0.2) is 22.8 Å². The first-order valence-electron chi connectivity index (χ1n) is 6.68. The minimum atomic E-state index is -1.21. The number of carbonyl (C=O) groups is 1. The fourth-order valence-corrected chi connectivity index (χ4v) is 3.58. The Labute approximate surface area is 103 Å². The highest BCUT2D eigenvalue weighted by Gasteiger charge is 2.39. The monoisotopic (exact) mass is 238 g/mol. The van der Waals surface area contributed by atoms with Gasteiger partial charge < -0.3 is 15.0 Å². The molecule has 1 fully saturated rings. The molecule has 2 N–H and O–H groups in total. The lowest BCUT2D eigenvalue weighted by Gasteiger charge is -2.28. The van der Waals surface area contributed by atoms with Gasteiger partial charge in [0.1, 0.15) is 6.29 Å². The fraction of sp³-hybridized carbons (Fsp3) is 0.786. The van der Waals surface area contributed by atoms with Crippen LogP contribution in [0.4, 0.5) is 0 Å². The predicted octanol–water partition coefficient (Wildman–Crippen LogP) is 1.88. The zero-order chi connectivity index (χ0) is 12.3. The summed E-state index contributed by atoms with van der Waals surface area (Å²) in [6.45, 7) is 0. The van der Waals surface area contributed by atoms with Crippen molar-refractivity contribution in [3.8, 4) is 0 Å². The van der Waals surface area contributed by atoms with Gasteiger partial charge in [-0.15, -0.1) is 0 Å². The Morgan fingerprint density at radius 1 is 1.18 bits per heavy atom. The molecular weight excluding hydrogens is 216 g/mol. The molecule has 0 aromatic carbocycles. The summed E-state index contributed by atoms with van der Waals surface area (Å²) in [5.41, 5.74) is 0. The largest absolute Gasteiger partial charge is 0.368 e. The van der Waals surface area contributed by atoms with E-state index in [-0.39, 0.29) is 0 Å². The highest BCUT2D eigenvalue weighted by Crippen LogP contribution is 2.48. The first-order valence-corrected chi connectivity index (χ1v) is 6.68. The molecule has 2 aliphatic carbocycles. The number of aliphatic hydroxyl groups is 2. The minimum Gasteiger partial charge on any atom is -0.368 e. The molecule has 0 aliphatic heterocycles. The van der Waals surface area contributed by atoms with Gasteiger partial charge in [0, 0.05) is 6.42 Å². The molecule has 3 heteroatoms. The van der Waals surface area contributed by atoms with Crippen molar-refractivity contribution in [3.05, 3.63) is 12.2 Å². The van der Waals surface area contributed by atoms with Gasteiger partial charge in [-0.05, 0) is 55.8 Å². The van der Waals surface area contributed by atoms with Crippen LogP contribution in [0.3, 0.4) is 0 Å². The summed E-state index contributed by atoms with van der Waals surface area (Å²) in [6.07, 6.45) is 9.67. The molecular formula is C14H22O3. The third-order valence-corrected chi connectivity index (χ3v) is 4.39. The van der Waals surface area contributed by atoms with Crippen molar-refractivity contribution in [3.63, 3.8) is 0 Å². The Balaban J connectivity index is 1.90. The topological polar surface area (TPSA) is 57.5 Å². The minimum absolute atomic E-state index is 0.432. The van der Waals surface area contributed by atoms with Crippen LogP contribution >= 0.6 is 0 Å². The highest BCUT2D eigenvalue weighted by molar-refractivity contribution is 5.49. The van der Waals surface area contributed by atoms with Gasteiger partial charge in [-0.3, -0.25) is 0 Å². The van der Waals surface area contributed by atoms with Crippen LogP contribution in [0.25, 0.3) is 0 Å². The van der Waals surface area contributed by atoms with Crippen LogP contribution in [0, 0.1) is 23.7 Å².